The quantitative estimate of drug-likeness (QED) is 0.844. The molecule has 1 aromatic heterocycles. The number of nitrogens with zero attached hydrogens (tertiary/aromatic N) is 1. The monoisotopic (exact) mass is 234 g/mol. The molecule has 0 aromatic carbocycles. The predicted molar refractivity (Wildman–Crippen MR) is 69.5 cm³/mol. The van der Waals surface area contributed by atoms with E-state index in [0.29, 0.717) is 18.2 Å². The van der Waals surface area contributed by atoms with Crippen LogP contribution in [0.2, 0.25) is 0 Å². The van der Waals surface area contributed by atoms with Crippen LogP contribution in [0.3, 0.4) is 0 Å². The van der Waals surface area contributed by atoms with Crippen LogP contribution in [0.5, 0.6) is 0 Å². The van der Waals surface area contributed by atoms with Gasteiger partial charge in [0.25, 0.3) is 0 Å². The summed E-state index contributed by atoms with van der Waals surface area (Å²) >= 11 is 0. The number of anilines is 1. The number of pyridine rings is 1. The fraction of sp³-hybridized carbons (Fsp3) is 0.643. The second kappa shape index (κ2) is 5.50. The molecule has 3 heteroatoms. The maximum absolute atomic E-state index is 10.2. The Labute approximate surface area is 103 Å². The summed E-state index contributed by atoms with van der Waals surface area (Å²) in [5.74, 6) is 1.82. The normalized spacial score (nSPS) is 26.7. The van der Waals surface area contributed by atoms with Crippen molar-refractivity contribution < 1.29 is 5.11 Å². The molecule has 1 heterocycles. The number of hydrogen-bond acceptors (Lipinski definition) is 3. The standard InChI is InChI=1S/C14H22N2O/c1-10-2-4-12(5-3-10)13(17)8-11-6-7-16-14(15)9-11/h6-7,9-10,12-13,17H,2-5,8H2,1H3,(H2,15,16). The summed E-state index contributed by atoms with van der Waals surface area (Å²) < 4.78 is 0. The minimum absolute atomic E-state index is 0.232. The molecular weight excluding hydrogens is 212 g/mol. The third kappa shape index (κ3) is 3.43. The average molecular weight is 234 g/mol. The molecule has 1 aromatic rings. The lowest BCUT2D eigenvalue weighted by Crippen LogP contribution is -2.26. The Morgan fingerprint density at radius 2 is 2.12 bits per heavy atom. The third-order valence-corrected chi connectivity index (χ3v) is 3.90. The largest absolute Gasteiger partial charge is 0.392 e. The molecule has 1 fully saturated rings. The van der Waals surface area contributed by atoms with E-state index in [4.69, 9.17) is 5.73 Å². The molecule has 3 nitrogen and oxygen atoms in total. The number of aromatic nitrogens is 1. The minimum atomic E-state index is -0.232. The van der Waals surface area contributed by atoms with Gasteiger partial charge in [0.05, 0.1) is 6.10 Å². The van der Waals surface area contributed by atoms with Crippen LogP contribution in [0.4, 0.5) is 5.82 Å². The molecule has 1 aliphatic rings. The van der Waals surface area contributed by atoms with Crippen LogP contribution in [0, 0.1) is 11.8 Å². The van der Waals surface area contributed by atoms with Crippen LogP contribution in [0.1, 0.15) is 38.2 Å². The van der Waals surface area contributed by atoms with E-state index in [0.717, 1.165) is 24.3 Å². The first-order valence-corrected chi connectivity index (χ1v) is 6.53. The van der Waals surface area contributed by atoms with Crippen molar-refractivity contribution >= 4 is 5.82 Å². The molecule has 1 aliphatic carbocycles. The van der Waals surface area contributed by atoms with Crippen molar-refractivity contribution in [1.29, 1.82) is 0 Å². The van der Waals surface area contributed by atoms with Crippen LogP contribution < -0.4 is 5.73 Å². The molecule has 94 valence electrons. The van der Waals surface area contributed by atoms with Gasteiger partial charge in [0.15, 0.2) is 0 Å². The molecule has 2 rings (SSSR count). The number of nitrogen functional groups attached to an aromatic ring is 1. The van der Waals surface area contributed by atoms with Crippen LogP contribution in [0.15, 0.2) is 18.3 Å². The zero-order valence-electron chi connectivity index (χ0n) is 10.5. The molecular formula is C14H22N2O. The molecule has 1 unspecified atom stereocenters. The first-order valence-electron chi connectivity index (χ1n) is 6.53. The summed E-state index contributed by atoms with van der Waals surface area (Å²) in [6.45, 7) is 2.30. The van der Waals surface area contributed by atoms with Gasteiger partial charge >= 0.3 is 0 Å². The fourth-order valence-corrected chi connectivity index (χ4v) is 2.70. The molecule has 1 atom stereocenters. The first kappa shape index (κ1) is 12.4. The number of aliphatic hydroxyl groups excluding tert-OH is 1. The van der Waals surface area contributed by atoms with E-state index in [1.54, 1.807) is 6.20 Å². The summed E-state index contributed by atoms with van der Waals surface area (Å²) in [5.41, 5.74) is 6.72. The van der Waals surface area contributed by atoms with Crippen molar-refractivity contribution in [3.63, 3.8) is 0 Å². The molecule has 0 aliphatic heterocycles. The third-order valence-electron chi connectivity index (χ3n) is 3.90. The zero-order valence-corrected chi connectivity index (χ0v) is 10.5. The van der Waals surface area contributed by atoms with E-state index in [1.165, 1.54) is 12.8 Å². The van der Waals surface area contributed by atoms with Crippen molar-refractivity contribution in [2.24, 2.45) is 11.8 Å². The van der Waals surface area contributed by atoms with Crippen LogP contribution >= 0.6 is 0 Å². The summed E-state index contributed by atoms with van der Waals surface area (Å²) in [4.78, 5) is 3.97. The SMILES string of the molecule is CC1CCC(C(O)Cc2ccnc(N)c2)CC1. The number of nitrogens with two attached hydrogens (primary N) is 1. The Morgan fingerprint density at radius 1 is 1.41 bits per heavy atom. The Balaban J connectivity index is 1.90. The highest BCUT2D eigenvalue weighted by atomic mass is 16.3. The van der Waals surface area contributed by atoms with Gasteiger partial charge in [-0.3, -0.25) is 0 Å². The van der Waals surface area contributed by atoms with E-state index in [1.807, 2.05) is 12.1 Å². The first-order chi connectivity index (χ1) is 8.15. The predicted octanol–water partition coefficient (Wildman–Crippen LogP) is 2.39. The lowest BCUT2D eigenvalue weighted by molar-refractivity contribution is 0.0761. The van der Waals surface area contributed by atoms with Crippen molar-refractivity contribution in [2.45, 2.75) is 45.1 Å². The van der Waals surface area contributed by atoms with E-state index in [-0.39, 0.29) is 6.10 Å². The lowest BCUT2D eigenvalue weighted by atomic mass is 9.79. The van der Waals surface area contributed by atoms with Gasteiger partial charge in [-0.25, -0.2) is 4.98 Å². The summed E-state index contributed by atoms with van der Waals surface area (Å²) in [7, 11) is 0. The van der Waals surface area contributed by atoms with Crippen molar-refractivity contribution in [2.75, 3.05) is 5.73 Å². The lowest BCUT2D eigenvalue weighted by Gasteiger charge is -2.29. The number of hydrogen-bond donors (Lipinski definition) is 2. The maximum Gasteiger partial charge on any atom is 0.123 e. The highest BCUT2D eigenvalue weighted by molar-refractivity contribution is 5.32. The van der Waals surface area contributed by atoms with Gasteiger partial charge in [-0.15, -0.1) is 0 Å². The smallest absolute Gasteiger partial charge is 0.123 e. The van der Waals surface area contributed by atoms with Gasteiger partial charge in [-0.05, 0) is 48.8 Å². The Bertz CT molecular complexity index is 359. The summed E-state index contributed by atoms with van der Waals surface area (Å²) in [6, 6.07) is 3.79. The van der Waals surface area contributed by atoms with E-state index >= 15 is 0 Å². The highest BCUT2D eigenvalue weighted by Crippen LogP contribution is 2.31. The molecule has 0 bridgehead atoms. The van der Waals surface area contributed by atoms with Crippen LogP contribution in [-0.2, 0) is 6.42 Å². The molecule has 1 saturated carbocycles. The maximum atomic E-state index is 10.2. The second-order valence-electron chi connectivity index (χ2n) is 5.38. The minimum Gasteiger partial charge on any atom is -0.392 e. The van der Waals surface area contributed by atoms with Gasteiger partial charge in [-0.2, -0.15) is 0 Å². The topological polar surface area (TPSA) is 59.1 Å². The Kier molecular flexibility index (Phi) is 4.00. The second-order valence-corrected chi connectivity index (χ2v) is 5.38. The molecule has 0 saturated heterocycles. The number of aliphatic hydroxyl groups is 1. The Hall–Kier alpha value is -1.09. The highest BCUT2D eigenvalue weighted by Gasteiger charge is 2.24. The van der Waals surface area contributed by atoms with Crippen LogP contribution in [-0.4, -0.2) is 16.2 Å². The van der Waals surface area contributed by atoms with E-state index in [2.05, 4.69) is 11.9 Å². The molecule has 0 spiro atoms. The molecule has 0 amide bonds. The van der Waals surface area contributed by atoms with Gasteiger partial charge in [0, 0.05) is 6.20 Å². The molecule has 3 N–H and O–H groups in total. The van der Waals surface area contributed by atoms with E-state index < -0.39 is 0 Å². The fourth-order valence-electron chi connectivity index (χ4n) is 2.70. The molecule has 0 radical (unpaired) electrons. The Morgan fingerprint density at radius 3 is 2.76 bits per heavy atom. The van der Waals surface area contributed by atoms with E-state index in [9.17, 15) is 5.11 Å². The zero-order chi connectivity index (χ0) is 12.3. The van der Waals surface area contributed by atoms with Crippen LogP contribution in [0.25, 0.3) is 0 Å². The number of rotatable bonds is 3. The summed E-state index contributed by atoms with van der Waals surface area (Å²) in [6.07, 6.45) is 6.99. The average Bonchev–Trinajstić information content (AvgIpc) is 2.29. The van der Waals surface area contributed by atoms with Gasteiger partial charge in [0.1, 0.15) is 5.82 Å². The van der Waals surface area contributed by atoms with Gasteiger partial charge < -0.3 is 10.8 Å². The molecule has 17 heavy (non-hydrogen) atoms. The van der Waals surface area contributed by atoms with Crippen molar-refractivity contribution in [3.05, 3.63) is 23.9 Å². The van der Waals surface area contributed by atoms with Gasteiger partial charge in [-0.1, -0.05) is 19.8 Å². The van der Waals surface area contributed by atoms with Crippen molar-refractivity contribution in [3.8, 4) is 0 Å². The van der Waals surface area contributed by atoms with Gasteiger partial charge in [0.2, 0.25) is 0 Å². The van der Waals surface area contributed by atoms with Crippen molar-refractivity contribution in [1.82, 2.24) is 4.98 Å². The summed E-state index contributed by atoms with van der Waals surface area (Å²) in [5, 5.41) is 10.2.